The smallest absolute Gasteiger partial charge is 0.322 e. The van der Waals surface area contributed by atoms with Crippen molar-refractivity contribution in [2.24, 2.45) is 16.7 Å². The predicted molar refractivity (Wildman–Crippen MR) is 147 cm³/mol. The van der Waals surface area contributed by atoms with E-state index in [9.17, 15) is 32.7 Å². The molecule has 0 spiro atoms. The van der Waals surface area contributed by atoms with E-state index in [1.165, 1.54) is 12.3 Å². The van der Waals surface area contributed by atoms with Gasteiger partial charge in [0, 0.05) is 37.1 Å². The van der Waals surface area contributed by atoms with Gasteiger partial charge in [0.2, 0.25) is 21.9 Å². The number of aromatic nitrogens is 2. The largest absolute Gasteiger partial charge is 0.480 e. The lowest BCUT2D eigenvalue weighted by Crippen LogP contribution is -2.49. The van der Waals surface area contributed by atoms with Crippen LogP contribution in [0.25, 0.3) is 0 Å². The number of sulfonamides is 1. The first kappa shape index (κ1) is 28.7. The summed E-state index contributed by atoms with van der Waals surface area (Å²) < 4.78 is 34.4. The number of carbonyl (C=O) groups is 4. The highest BCUT2D eigenvalue weighted by Crippen LogP contribution is 2.64. The molecule has 2 aliphatic carbocycles. The Balaban J connectivity index is 1.22. The maximum atomic E-state index is 13.2. The van der Waals surface area contributed by atoms with Gasteiger partial charge in [-0.15, -0.1) is 0 Å². The molecule has 2 heterocycles. The zero-order valence-corrected chi connectivity index (χ0v) is 23.5. The monoisotopic (exact) mass is 587 g/mol. The van der Waals surface area contributed by atoms with E-state index in [2.05, 4.69) is 25.3 Å². The third-order valence-corrected chi connectivity index (χ3v) is 10.4. The number of aromatic amines is 1. The Morgan fingerprint density at radius 3 is 2.68 bits per heavy atom. The number of ketones is 1. The highest BCUT2D eigenvalue weighted by atomic mass is 32.2. The summed E-state index contributed by atoms with van der Waals surface area (Å²) in [5, 5.41) is 15.1. The summed E-state index contributed by atoms with van der Waals surface area (Å²) >= 11 is 0. The molecule has 5 N–H and O–H groups in total. The second kappa shape index (κ2) is 10.6. The highest BCUT2D eigenvalue weighted by molar-refractivity contribution is 7.89. The van der Waals surface area contributed by atoms with Crippen LogP contribution in [-0.2, 0) is 35.6 Å². The Bertz CT molecular complexity index is 1490. The molecule has 0 radical (unpaired) electrons. The third kappa shape index (κ3) is 5.58. The van der Waals surface area contributed by atoms with E-state index in [1.807, 2.05) is 13.8 Å². The van der Waals surface area contributed by atoms with Crippen molar-refractivity contribution >= 4 is 45.2 Å². The molecule has 1 unspecified atom stereocenters. The van der Waals surface area contributed by atoms with E-state index >= 15 is 0 Å². The molecule has 1 aromatic heterocycles. The van der Waals surface area contributed by atoms with Crippen LogP contribution in [0.4, 0.5) is 11.6 Å². The van der Waals surface area contributed by atoms with E-state index in [-0.39, 0.29) is 36.9 Å². The van der Waals surface area contributed by atoms with Gasteiger partial charge in [-0.2, -0.15) is 0 Å². The first-order chi connectivity index (χ1) is 19.3. The first-order valence-electron chi connectivity index (χ1n) is 13.5. The fraction of sp³-hybridized carbons (Fsp3) is 0.519. The molecule has 220 valence electrons. The van der Waals surface area contributed by atoms with Crippen LogP contribution in [0, 0.1) is 16.7 Å². The van der Waals surface area contributed by atoms with Crippen LogP contribution in [0.15, 0.2) is 30.6 Å². The minimum Gasteiger partial charge on any atom is -0.480 e. The van der Waals surface area contributed by atoms with Crippen LogP contribution < -0.4 is 20.1 Å². The number of hydrogen-bond donors (Lipinski definition) is 5. The van der Waals surface area contributed by atoms with Crippen molar-refractivity contribution in [3.8, 4) is 5.75 Å². The average molecular weight is 588 g/mol. The molecular formula is C27H33N5O8S. The van der Waals surface area contributed by atoms with E-state index in [0.717, 1.165) is 6.42 Å². The van der Waals surface area contributed by atoms with Gasteiger partial charge in [0.05, 0.1) is 11.4 Å². The van der Waals surface area contributed by atoms with Crippen molar-refractivity contribution in [2.75, 3.05) is 16.4 Å². The standard InChI is InChI=1S/C27H33N5O8S/c1-26(2)16-7-8-27(26,21(33)13-16)14-41(38,39)32-18(24(36)37)12-15-3-4-19-17(11-15)30-23(35)20(40-19)5-6-22(34)31-25-28-9-10-29-25/h3-4,9-11,16,18,20,32H,5-8,12-14H2,1-2H3,(H,30,35)(H,36,37)(H2,28,29,31,34)/t16?,18-,20+,27-/m0/s1. The van der Waals surface area contributed by atoms with E-state index in [1.54, 1.807) is 18.3 Å². The van der Waals surface area contributed by atoms with Crippen LogP contribution in [0.2, 0.25) is 0 Å². The number of carboxylic acid groups (broad SMARTS) is 1. The normalized spacial score (nSPS) is 25.2. The molecule has 2 aromatic rings. The topological polar surface area (TPSA) is 197 Å². The van der Waals surface area contributed by atoms with Gasteiger partial charge in [-0.3, -0.25) is 24.5 Å². The summed E-state index contributed by atoms with van der Waals surface area (Å²) in [6.07, 6.45) is 3.69. The maximum absolute atomic E-state index is 13.2. The molecular weight excluding hydrogens is 554 g/mol. The van der Waals surface area contributed by atoms with E-state index in [0.29, 0.717) is 35.8 Å². The third-order valence-electron chi connectivity index (χ3n) is 8.89. The summed E-state index contributed by atoms with van der Waals surface area (Å²) in [5.74, 6) is -1.91. The molecule has 3 aliphatic rings. The molecule has 2 bridgehead atoms. The summed E-state index contributed by atoms with van der Waals surface area (Å²) in [7, 11) is -4.13. The van der Waals surface area contributed by atoms with Crippen molar-refractivity contribution in [3.63, 3.8) is 0 Å². The lowest BCUT2D eigenvalue weighted by atomic mass is 9.70. The second-order valence-electron chi connectivity index (χ2n) is 11.6. The van der Waals surface area contributed by atoms with Gasteiger partial charge in [-0.05, 0) is 48.3 Å². The number of H-pyrrole nitrogens is 1. The van der Waals surface area contributed by atoms with E-state index in [4.69, 9.17) is 4.74 Å². The van der Waals surface area contributed by atoms with Crippen molar-refractivity contribution in [1.29, 1.82) is 0 Å². The fourth-order valence-electron chi connectivity index (χ4n) is 6.41. The number of hydrogen-bond acceptors (Lipinski definition) is 8. The molecule has 1 aromatic carbocycles. The number of Topliss-reactive ketones (excluding diaryl/α,β-unsaturated/α-hetero) is 1. The molecule has 2 saturated carbocycles. The molecule has 2 amide bonds. The Kier molecular flexibility index (Phi) is 7.40. The minimum absolute atomic E-state index is 0.0113. The predicted octanol–water partition coefficient (Wildman–Crippen LogP) is 1.84. The Morgan fingerprint density at radius 2 is 2.05 bits per heavy atom. The van der Waals surface area contributed by atoms with Crippen LogP contribution in [-0.4, -0.2) is 65.0 Å². The molecule has 4 atom stereocenters. The average Bonchev–Trinajstić information content (AvgIpc) is 3.53. The Hall–Kier alpha value is -3.78. The van der Waals surface area contributed by atoms with Crippen molar-refractivity contribution in [2.45, 2.75) is 64.5 Å². The molecule has 5 rings (SSSR count). The number of carbonyl (C=O) groups excluding carboxylic acids is 3. The van der Waals surface area contributed by atoms with Gasteiger partial charge in [0.15, 0.2) is 6.10 Å². The molecule has 1 aliphatic heterocycles. The van der Waals surface area contributed by atoms with Crippen molar-refractivity contribution in [3.05, 3.63) is 36.2 Å². The second-order valence-corrected chi connectivity index (χ2v) is 13.3. The number of aliphatic carboxylic acids is 1. The highest BCUT2D eigenvalue weighted by Gasteiger charge is 2.65. The fourth-order valence-corrected chi connectivity index (χ4v) is 8.44. The van der Waals surface area contributed by atoms with Crippen LogP contribution in [0.5, 0.6) is 5.75 Å². The minimum atomic E-state index is -4.13. The number of anilines is 2. The molecule has 13 nitrogen and oxygen atoms in total. The summed E-state index contributed by atoms with van der Waals surface area (Å²) in [6, 6.07) is 3.20. The number of amides is 2. The summed E-state index contributed by atoms with van der Waals surface area (Å²) in [4.78, 5) is 56.3. The van der Waals surface area contributed by atoms with Crippen molar-refractivity contribution < 1.29 is 37.4 Å². The molecule has 14 heteroatoms. The number of rotatable bonds is 11. The van der Waals surface area contributed by atoms with Gasteiger partial charge in [0.25, 0.3) is 5.91 Å². The zero-order chi connectivity index (χ0) is 29.6. The van der Waals surface area contributed by atoms with Crippen LogP contribution in [0.1, 0.15) is 51.5 Å². The summed E-state index contributed by atoms with van der Waals surface area (Å²) in [5.41, 5.74) is -0.731. The van der Waals surface area contributed by atoms with Crippen molar-refractivity contribution in [1.82, 2.24) is 14.7 Å². The zero-order valence-electron chi connectivity index (χ0n) is 22.7. The van der Waals surface area contributed by atoms with Gasteiger partial charge in [-0.25, -0.2) is 18.1 Å². The number of nitrogens with one attached hydrogen (secondary N) is 4. The SMILES string of the molecule is CC1(C)C2CC[C@]1(CS(=O)(=O)N[C@@H](Cc1ccc3c(c1)NC(=O)[C@@H](CCC(=O)Nc1ncc[nH]1)O3)C(=O)O)C(=O)C2. The quantitative estimate of drug-likeness (QED) is 0.260. The number of fused-ring (bicyclic) bond motifs is 3. The van der Waals surface area contributed by atoms with Gasteiger partial charge >= 0.3 is 5.97 Å². The maximum Gasteiger partial charge on any atom is 0.322 e. The van der Waals surface area contributed by atoms with E-state index < -0.39 is 50.6 Å². The Morgan fingerprint density at radius 1 is 1.27 bits per heavy atom. The number of nitrogens with zero attached hydrogens (tertiary/aromatic N) is 1. The number of benzene rings is 1. The first-order valence-corrected chi connectivity index (χ1v) is 15.1. The van der Waals surface area contributed by atoms with Gasteiger partial charge < -0.3 is 20.1 Å². The van der Waals surface area contributed by atoms with Gasteiger partial charge in [-0.1, -0.05) is 19.9 Å². The van der Waals surface area contributed by atoms with Crippen LogP contribution in [0.3, 0.4) is 0 Å². The molecule has 0 saturated heterocycles. The molecule has 2 fully saturated rings. The number of imidazole rings is 1. The molecule has 41 heavy (non-hydrogen) atoms. The lowest BCUT2D eigenvalue weighted by molar-refractivity contribution is -0.139. The Labute approximate surface area is 236 Å². The van der Waals surface area contributed by atoms with Crippen LogP contribution >= 0.6 is 0 Å². The van der Waals surface area contributed by atoms with Gasteiger partial charge in [0.1, 0.15) is 17.6 Å². The summed E-state index contributed by atoms with van der Waals surface area (Å²) in [6.45, 7) is 3.84. The lowest BCUT2D eigenvalue weighted by Gasteiger charge is -2.36. The number of ether oxygens (including phenoxy) is 1. The number of carboxylic acids is 1.